The summed E-state index contributed by atoms with van der Waals surface area (Å²) in [7, 11) is 1.66. The lowest BCUT2D eigenvalue weighted by Gasteiger charge is -2.35. The molecule has 1 fully saturated rings. The molecule has 0 heterocycles. The predicted molar refractivity (Wildman–Crippen MR) is 84.2 cm³/mol. The van der Waals surface area contributed by atoms with E-state index >= 15 is 0 Å². The van der Waals surface area contributed by atoms with Crippen molar-refractivity contribution in [3.63, 3.8) is 0 Å². The standard InChI is InChI=1S/C17H26N2O/c1-11-6-5-7-16(13(11)3)19-15-9-8-14(10-12(15)2)17(20)18-4/h8-11,13,16,19H,5-7H2,1-4H3,(H,18,20). The lowest BCUT2D eigenvalue weighted by molar-refractivity contribution is 0.0963. The molecule has 1 aliphatic rings. The Morgan fingerprint density at radius 3 is 2.65 bits per heavy atom. The third-order valence-electron chi connectivity index (χ3n) is 4.76. The quantitative estimate of drug-likeness (QED) is 0.884. The van der Waals surface area contributed by atoms with Gasteiger partial charge in [-0.15, -0.1) is 0 Å². The second kappa shape index (κ2) is 6.29. The number of carbonyl (C=O) groups is 1. The van der Waals surface area contributed by atoms with Crippen LogP contribution in [-0.4, -0.2) is 19.0 Å². The number of anilines is 1. The summed E-state index contributed by atoms with van der Waals surface area (Å²) in [5.74, 6) is 1.45. The molecule has 3 nitrogen and oxygen atoms in total. The fourth-order valence-corrected chi connectivity index (χ4v) is 3.10. The SMILES string of the molecule is CNC(=O)c1ccc(NC2CCCC(C)C2C)c(C)c1. The van der Waals surface area contributed by atoms with Crippen LogP contribution in [0.15, 0.2) is 18.2 Å². The van der Waals surface area contributed by atoms with Crippen molar-refractivity contribution in [2.24, 2.45) is 11.8 Å². The average molecular weight is 274 g/mol. The van der Waals surface area contributed by atoms with Gasteiger partial charge in [-0.05, 0) is 48.9 Å². The van der Waals surface area contributed by atoms with Gasteiger partial charge in [-0.1, -0.05) is 26.7 Å². The van der Waals surface area contributed by atoms with E-state index in [0.29, 0.717) is 12.0 Å². The molecule has 110 valence electrons. The normalized spacial score (nSPS) is 26.1. The fraction of sp³-hybridized carbons (Fsp3) is 0.588. The Kier molecular flexibility index (Phi) is 4.69. The Morgan fingerprint density at radius 1 is 1.25 bits per heavy atom. The van der Waals surface area contributed by atoms with Crippen molar-refractivity contribution in [1.82, 2.24) is 5.32 Å². The second-order valence-electron chi connectivity index (χ2n) is 6.13. The van der Waals surface area contributed by atoms with Gasteiger partial charge in [0.1, 0.15) is 0 Å². The molecular weight excluding hydrogens is 248 g/mol. The van der Waals surface area contributed by atoms with Crippen LogP contribution in [0, 0.1) is 18.8 Å². The first kappa shape index (κ1) is 14.9. The van der Waals surface area contributed by atoms with E-state index in [0.717, 1.165) is 22.7 Å². The van der Waals surface area contributed by atoms with Crippen LogP contribution in [0.3, 0.4) is 0 Å². The van der Waals surface area contributed by atoms with Gasteiger partial charge in [-0.25, -0.2) is 0 Å². The van der Waals surface area contributed by atoms with Crippen molar-refractivity contribution in [3.8, 4) is 0 Å². The molecule has 0 spiro atoms. The van der Waals surface area contributed by atoms with Crippen LogP contribution in [-0.2, 0) is 0 Å². The summed E-state index contributed by atoms with van der Waals surface area (Å²) in [6, 6.07) is 6.43. The summed E-state index contributed by atoms with van der Waals surface area (Å²) in [6.45, 7) is 6.75. The molecule has 20 heavy (non-hydrogen) atoms. The molecule has 2 N–H and O–H groups in total. The lowest BCUT2D eigenvalue weighted by atomic mass is 9.78. The highest BCUT2D eigenvalue weighted by Gasteiger charge is 2.27. The summed E-state index contributed by atoms with van der Waals surface area (Å²) in [5.41, 5.74) is 3.01. The molecule has 0 saturated heterocycles. The van der Waals surface area contributed by atoms with Gasteiger partial charge in [0.15, 0.2) is 0 Å². The van der Waals surface area contributed by atoms with E-state index in [-0.39, 0.29) is 5.91 Å². The van der Waals surface area contributed by atoms with Gasteiger partial charge < -0.3 is 10.6 Å². The molecule has 1 aromatic carbocycles. The zero-order valence-corrected chi connectivity index (χ0v) is 13.0. The van der Waals surface area contributed by atoms with Gasteiger partial charge >= 0.3 is 0 Å². The number of rotatable bonds is 3. The van der Waals surface area contributed by atoms with E-state index in [4.69, 9.17) is 0 Å². The van der Waals surface area contributed by atoms with Gasteiger partial charge in [0, 0.05) is 24.3 Å². The van der Waals surface area contributed by atoms with Gasteiger partial charge in [0.2, 0.25) is 0 Å². The highest BCUT2D eigenvalue weighted by Crippen LogP contribution is 2.32. The van der Waals surface area contributed by atoms with E-state index in [2.05, 4.69) is 31.4 Å². The van der Waals surface area contributed by atoms with Crippen molar-refractivity contribution in [2.45, 2.75) is 46.1 Å². The Bertz CT molecular complexity index is 484. The molecule has 0 bridgehead atoms. The van der Waals surface area contributed by atoms with E-state index in [1.807, 2.05) is 18.2 Å². The van der Waals surface area contributed by atoms with Gasteiger partial charge in [0.05, 0.1) is 0 Å². The summed E-state index contributed by atoms with van der Waals surface area (Å²) in [6.07, 6.45) is 3.88. The molecule has 0 aliphatic heterocycles. The maximum Gasteiger partial charge on any atom is 0.251 e. The Balaban J connectivity index is 2.11. The molecule has 1 saturated carbocycles. The molecule has 0 radical (unpaired) electrons. The largest absolute Gasteiger partial charge is 0.382 e. The second-order valence-corrected chi connectivity index (χ2v) is 6.13. The summed E-state index contributed by atoms with van der Waals surface area (Å²) in [4.78, 5) is 11.6. The van der Waals surface area contributed by atoms with Gasteiger partial charge in [-0.2, -0.15) is 0 Å². The zero-order chi connectivity index (χ0) is 14.7. The van der Waals surface area contributed by atoms with Gasteiger partial charge in [-0.3, -0.25) is 4.79 Å². The molecule has 3 unspecified atom stereocenters. The Morgan fingerprint density at radius 2 is 2.00 bits per heavy atom. The van der Waals surface area contributed by atoms with Gasteiger partial charge in [0.25, 0.3) is 5.91 Å². The third kappa shape index (κ3) is 3.14. The van der Waals surface area contributed by atoms with Crippen LogP contribution < -0.4 is 10.6 Å². The minimum Gasteiger partial charge on any atom is -0.382 e. The smallest absolute Gasteiger partial charge is 0.251 e. The number of amides is 1. The van der Waals surface area contributed by atoms with Crippen LogP contribution in [0.1, 0.15) is 49.0 Å². The predicted octanol–water partition coefficient (Wildman–Crippen LogP) is 3.59. The Hall–Kier alpha value is -1.51. The van der Waals surface area contributed by atoms with Crippen LogP contribution in [0.5, 0.6) is 0 Å². The first-order valence-corrected chi connectivity index (χ1v) is 7.62. The molecule has 3 atom stereocenters. The highest BCUT2D eigenvalue weighted by molar-refractivity contribution is 5.94. The number of hydrogen-bond acceptors (Lipinski definition) is 2. The zero-order valence-electron chi connectivity index (χ0n) is 13.0. The molecule has 0 aromatic heterocycles. The topological polar surface area (TPSA) is 41.1 Å². The number of benzene rings is 1. The molecule has 3 heteroatoms. The molecule has 1 aliphatic carbocycles. The fourth-order valence-electron chi connectivity index (χ4n) is 3.10. The summed E-state index contributed by atoms with van der Waals surface area (Å²) < 4.78 is 0. The molecule has 1 amide bonds. The average Bonchev–Trinajstić information content (AvgIpc) is 2.45. The maximum atomic E-state index is 11.6. The first-order valence-electron chi connectivity index (χ1n) is 7.62. The monoisotopic (exact) mass is 274 g/mol. The van der Waals surface area contributed by atoms with Crippen molar-refractivity contribution < 1.29 is 4.79 Å². The molecule has 1 aromatic rings. The number of carbonyl (C=O) groups excluding carboxylic acids is 1. The van der Waals surface area contributed by atoms with E-state index in [9.17, 15) is 4.79 Å². The van der Waals surface area contributed by atoms with Crippen molar-refractivity contribution in [2.75, 3.05) is 12.4 Å². The lowest BCUT2D eigenvalue weighted by Crippen LogP contribution is -2.35. The van der Waals surface area contributed by atoms with E-state index < -0.39 is 0 Å². The van der Waals surface area contributed by atoms with E-state index in [1.54, 1.807) is 7.05 Å². The van der Waals surface area contributed by atoms with Crippen LogP contribution in [0.4, 0.5) is 5.69 Å². The first-order chi connectivity index (χ1) is 9.52. The Labute approximate surface area is 122 Å². The third-order valence-corrected chi connectivity index (χ3v) is 4.76. The van der Waals surface area contributed by atoms with Crippen molar-refractivity contribution >= 4 is 11.6 Å². The highest BCUT2D eigenvalue weighted by atomic mass is 16.1. The number of nitrogens with one attached hydrogen (secondary N) is 2. The van der Waals surface area contributed by atoms with Crippen LogP contribution in [0.25, 0.3) is 0 Å². The van der Waals surface area contributed by atoms with Crippen LogP contribution >= 0.6 is 0 Å². The maximum absolute atomic E-state index is 11.6. The van der Waals surface area contributed by atoms with E-state index in [1.165, 1.54) is 19.3 Å². The minimum absolute atomic E-state index is 0.0284. The minimum atomic E-state index is -0.0284. The van der Waals surface area contributed by atoms with Crippen LogP contribution in [0.2, 0.25) is 0 Å². The molecule has 2 rings (SSSR count). The van der Waals surface area contributed by atoms with Crippen molar-refractivity contribution in [3.05, 3.63) is 29.3 Å². The number of aryl methyl sites for hydroxylation is 1. The number of hydrogen-bond donors (Lipinski definition) is 2. The van der Waals surface area contributed by atoms with Crippen molar-refractivity contribution in [1.29, 1.82) is 0 Å². The summed E-state index contributed by atoms with van der Waals surface area (Å²) in [5, 5.41) is 6.34. The summed E-state index contributed by atoms with van der Waals surface area (Å²) >= 11 is 0. The molecular formula is C17H26N2O.